The molecule has 2 saturated heterocycles. The Bertz CT molecular complexity index is 1600. The van der Waals surface area contributed by atoms with Gasteiger partial charge in [-0.3, -0.25) is 4.79 Å². The molecule has 0 unspecified atom stereocenters. The summed E-state index contributed by atoms with van der Waals surface area (Å²) in [7, 11) is 0. The summed E-state index contributed by atoms with van der Waals surface area (Å²) in [4.78, 5) is 60.0. The summed E-state index contributed by atoms with van der Waals surface area (Å²) in [6.45, 7) is 5.33. The van der Waals surface area contributed by atoms with Crippen molar-refractivity contribution in [2.75, 3.05) is 31.5 Å². The minimum absolute atomic E-state index is 0.0274. The van der Waals surface area contributed by atoms with Crippen LogP contribution in [0.1, 0.15) is 54.4 Å². The molecule has 0 radical (unpaired) electrons. The number of nitrogens with zero attached hydrogens (tertiary/aromatic N) is 4. The maximum Gasteiger partial charge on any atom is 0.410 e. The lowest BCUT2D eigenvalue weighted by Gasteiger charge is -2.37. The number of amides is 4. The highest BCUT2D eigenvalue weighted by atomic mass is 16.6. The number of rotatable bonds is 7. The van der Waals surface area contributed by atoms with Crippen LogP contribution < -0.4 is 5.32 Å². The number of urea groups is 1. The molecular weight excluding hydrogens is 602 g/mol. The summed E-state index contributed by atoms with van der Waals surface area (Å²) >= 11 is 0. The second-order valence-corrected chi connectivity index (χ2v) is 12.3. The SMILES string of the molecule is Cc1cc(C[C@@H](OC(=O)N2CCC(N3CCc4ccccc4NC3=O)CC2)C(=O)N=C=C=CN2CCCC[C@H]2C(=O)O)cc(C)c1O. The van der Waals surface area contributed by atoms with Crippen LogP contribution in [0.25, 0.3) is 0 Å². The largest absolute Gasteiger partial charge is 0.507 e. The van der Waals surface area contributed by atoms with E-state index in [0.717, 1.165) is 30.5 Å². The topological polar surface area (TPSA) is 152 Å². The first kappa shape index (κ1) is 33.3. The third-order valence-electron chi connectivity index (χ3n) is 9.09. The van der Waals surface area contributed by atoms with Crippen LogP contribution >= 0.6 is 0 Å². The molecule has 3 N–H and O–H groups in total. The summed E-state index contributed by atoms with van der Waals surface area (Å²) in [5, 5.41) is 22.7. The van der Waals surface area contributed by atoms with Gasteiger partial charge in [-0.05, 0) is 86.4 Å². The van der Waals surface area contributed by atoms with Crippen molar-refractivity contribution in [1.82, 2.24) is 14.7 Å². The number of benzene rings is 2. The van der Waals surface area contributed by atoms with Crippen LogP contribution in [0.4, 0.5) is 15.3 Å². The second-order valence-electron chi connectivity index (χ2n) is 12.3. The number of aliphatic imine (C=N–C) groups is 1. The second kappa shape index (κ2) is 15.0. The molecule has 5 rings (SSSR count). The number of phenolic OH excluding ortho intramolecular Hbond substituents is 1. The van der Waals surface area contributed by atoms with Crippen molar-refractivity contribution in [3.63, 3.8) is 0 Å². The van der Waals surface area contributed by atoms with Crippen molar-refractivity contribution < 1.29 is 34.1 Å². The molecule has 12 heteroatoms. The third-order valence-corrected chi connectivity index (χ3v) is 9.09. The van der Waals surface area contributed by atoms with Gasteiger partial charge in [0.15, 0.2) is 6.10 Å². The van der Waals surface area contributed by atoms with Gasteiger partial charge >= 0.3 is 18.1 Å². The highest BCUT2D eigenvalue weighted by Gasteiger charge is 2.33. The average molecular weight is 644 g/mol. The number of likely N-dealkylation sites (tertiary alicyclic amines) is 2. The fraction of sp³-hybridized carbons (Fsp3) is 0.457. The number of aryl methyl sites for hydroxylation is 2. The molecule has 2 atom stereocenters. The van der Waals surface area contributed by atoms with E-state index in [1.807, 2.05) is 29.2 Å². The summed E-state index contributed by atoms with van der Waals surface area (Å²) in [6, 6.07) is 10.3. The molecule has 3 aliphatic heterocycles. The molecule has 2 aromatic rings. The van der Waals surface area contributed by atoms with E-state index in [1.54, 1.807) is 30.9 Å². The van der Waals surface area contributed by atoms with E-state index in [4.69, 9.17) is 4.74 Å². The first-order valence-corrected chi connectivity index (χ1v) is 16.1. The predicted molar refractivity (Wildman–Crippen MR) is 175 cm³/mol. The number of carboxylic acids is 1. The Morgan fingerprint density at radius 2 is 1.79 bits per heavy atom. The number of carbonyl (C=O) groups excluding carboxylic acids is 3. The normalized spacial score (nSPS) is 18.9. The van der Waals surface area contributed by atoms with E-state index in [-0.39, 0.29) is 24.2 Å². The first-order valence-electron chi connectivity index (χ1n) is 16.1. The van der Waals surface area contributed by atoms with Gasteiger partial charge in [0, 0.05) is 50.2 Å². The summed E-state index contributed by atoms with van der Waals surface area (Å²) in [5.41, 5.74) is 6.50. The van der Waals surface area contributed by atoms with E-state index in [9.17, 15) is 29.4 Å². The number of piperidine rings is 2. The standard InChI is InChI=1S/C35H41N5O7/c1-23-20-25(21-24(2)31(23)41)22-30(32(42)36-14-7-16-38-15-6-5-10-29(38)33(43)44)47-35(46)39-17-12-27(13-18-39)40-19-11-26-8-3-4-9-28(26)37-34(40)45/h3-4,8-9,16,20-21,27,29-30,41H,5-6,10-13,15,17-19,22H2,1-2H3,(H,37,45)(H,43,44)/t29-,30+/m0/s1. The number of fused-ring (bicyclic) bond motifs is 1. The van der Waals surface area contributed by atoms with E-state index in [0.29, 0.717) is 62.1 Å². The highest BCUT2D eigenvalue weighted by molar-refractivity contribution is 5.91. The average Bonchev–Trinajstić information content (AvgIpc) is 3.23. The molecule has 0 bridgehead atoms. The van der Waals surface area contributed by atoms with Crippen molar-refractivity contribution >= 4 is 35.6 Å². The van der Waals surface area contributed by atoms with E-state index < -0.39 is 30.1 Å². The zero-order chi connectivity index (χ0) is 33.5. The first-order chi connectivity index (χ1) is 22.6. The lowest BCUT2D eigenvalue weighted by atomic mass is 10.0. The van der Waals surface area contributed by atoms with Crippen LogP contribution in [-0.2, 0) is 27.2 Å². The molecule has 248 valence electrons. The molecule has 0 aliphatic carbocycles. The van der Waals surface area contributed by atoms with Crippen LogP contribution in [0.5, 0.6) is 5.75 Å². The number of hydrogen-bond donors (Lipinski definition) is 3. The zero-order valence-electron chi connectivity index (χ0n) is 26.8. The van der Waals surface area contributed by atoms with Gasteiger partial charge in [-0.1, -0.05) is 30.3 Å². The number of carbonyl (C=O) groups is 4. The number of nitrogens with one attached hydrogen (secondary N) is 1. The summed E-state index contributed by atoms with van der Waals surface area (Å²) in [6.07, 6.45) is 3.59. The Morgan fingerprint density at radius 1 is 1.06 bits per heavy atom. The fourth-order valence-electron chi connectivity index (χ4n) is 6.50. The Labute approximate surface area is 274 Å². The fourth-order valence-corrected chi connectivity index (χ4v) is 6.50. The van der Waals surface area contributed by atoms with Gasteiger partial charge in [-0.2, -0.15) is 4.99 Å². The number of carboxylic acid groups (broad SMARTS) is 1. The van der Waals surface area contributed by atoms with Crippen LogP contribution in [0.2, 0.25) is 0 Å². The van der Waals surface area contributed by atoms with Crippen LogP contribution in [-0.4, -0.2) is 99.2 Å². The minimum Gasteiger partial charge on any atom is -0.507 e. The lowest BCUT2D eigenvalue weighted by molar-refractivity contribution is -0.143. The molecule has 2 aromatic carbocycles. The quantitative estimate of drug-likeness (QED) is 0.296. The van der Waals surface area contributed by atoms with Crippen molar-refractivity contribution in [3.05, 3.63) is 70.6 Å². The smallest absolute Gasteiger partial charge is 0.410 e. The van der Waals surface area contributed by atoms with Gasteiger partial charge in [0.1, 0.15) is 11.8 Å². The van der Waals surface area contributed by atoms with Gasteiger partial charge < -0.3 is 35.0 Å². The van der Waals surface area contributed by atoms with E-state index in [1.165, 1.54) is 11.1 Å². The summed E-state index contributed by atoms with van der Waals surface area (Å²) in [5.74, 6) is 0.934. The van der Waals surface area contributed by atoms with Gasteiger partial charge in [-0.15, -0.1) is 0 Å². The Kier molecular flexibility index (Phi) is 10.7. The van der Waals surface area contributed by atoms with E-state index in [2.05, 4.69) is 21.9 Å². The van der Waals surface area contributed by atoms with Crippen LogP contribution in [0, 0.1) is 13.8 Å². The van der Waals surface area contributed by atoms with Crippen LogP contribution in [0.15, 0.2) is 53.3 Å². The number of phenols is 1. The van der Waals surface area contributed by atoms with Crippen molar-refractivity contribution in [2.24, 2.45) is 4.99 Å². The number of para-hydroxylation sites is 1. The molecule has 4 amide bonds. The number of aliphatic carboxylic acids is 1. The maximum absolute atomic E-state index is 13.4. The highest BCUT2D eigenvalue weighted by Crippen LogP contribution is 2.26. The molecule has 12 nitrogen and oxygen atoms in total. The molecule has 47 heavy (non-hydrogen) atoms. The van der Waals surface area contributed by atoms with E-state index >= 15 is 0 Å². The molecule has 2 fully saturated rings. The molecular formula is C35H41N5O7. The maximum atomic E-state index is 13.4. The Morgan fingerprint density at radius 3 is 2.51 bits per heavy atom. The molecule has 0 saturated carbocycles. The Balaban J connectivity index is 1.25. The van der Waals surface area contributed by atoms with Gasteiger partial charge in [-0.25, -0.2) is 14.4 Å². The van der Waals surface area contributed by atoms with Crippen molar-refractivity contribution in [2.45, 2.75) is 77.0 Å². The summed E-state index contributed by atoms with van der Waals surface area (Å²) < 4.78 is 5.75. The number of ether oxygens (including phenoxy) is 1. The van der Waals surface area contributed by atoms with Crippen molar-refractivity contribution in [3.8, 4) is 5.75 Å². The minimum atomic E-state index is -1.27. The van der Waals surface area contributed by atoms with Crippen molar-refractivity contribution in [1.29, 1.82) is 0 Å². The molecule has 3 heterocycles. The monoisotopic (exact) mass is 643 g/mol. The lowest BCUT2D eigenvalue weighted by Crippen LogP contribution is -2.50. The van der Waals surface area contributed by atoms with Gasteiger partial charge in [0.25, 0.3) is 5.91 Å². The van der Waals surface area contributed by atoms with Gasteiger partial charge in [0.05, 0.1) is 6.20 Å². The number of hydrogen-bond acceptors (Lipinski definition) is 7. The van der Waals surface area contributed by atoms with Gasteiger partial charge in [0.2, 0.25) is 0 Å². The molecule has 3 aliphatic rings. The zero-order valence-corrected chi connectivity index (χ0v) is 26.8. The number of anilines is 1. The molecule has 0 aromatic heterocycles. The van der Waals surface area contributed by atoms with Crippen LogP contribution in [0.3, 0.4) is 0 Å². The number of aromatic hydroxyl groups is 1. The third kappa shape index (κ3) is 8.22. The Hall–Kier alpha value is -5.05. The molecule has 0 spiro atoms. The predicted octanol–water partition coefficient (Wildman–Crippen LogP) is 4.42.